The first-order valence-corrected chi connectivity index (χ1v) is 8.97. The Balaban J connectivity index is 1.62. The first-order valence-electron chi connectivity index (χ1n) is 8.59. The molecule has 142 valence electrons. The molecular formula is C22H19ClN2O3. The summed E-state index contributed by atoms with van der Waals surface area (Å²) in [5, 5.41) is 4.48. The third-order valence-corrected chi connectivity index (χ3v) is 4.13. The number of hydrazone groups is 1. The minimum absolute atomic E-state index is 0.339. The molecule has 0 aliphatic rings. The van der Waals surface area contributed by atoms with Gasteiger partial charge in [-0.15, -0.1) is 0 Å². The van der Waals surface area contributed by atoms with Crippen molar-refractivity contribution in [3.05, 3.63) is 94.5 Å². The number of methoxy groups -OCH3 is 1. The molecule has 6 heteroatoms. The Morgan fingerprint density at radius 2 is 1.86 bits per heavy atom. The molecule has 0 unspecified atom stereocenters. The molecule has 0 aliphatic heterocycles. The van der Waals surface area contributed by atoms with Crippen LogP contribution in [0, 0.1) is 0 Å². The van der Waals surface area contributed by atoms with Crippen molar-refractivity contribution in [3.8, 4) is 11.5 Å². The normalized spacial score (nSPS) is 10.6. The maximum atomic E-state index is 12.1. The summed E-state index contributed by atoms with van der Waals surface area (Å²) in [5.74, 6) is 0.876. The van der Waals surface area contributed by atoms with Gasteiger partial charge >= 0.3 is 0 Å². The van der Waals surface area contributed by atoms with Crippen molar-refractivity contribution in [2.45, 2.75) is 6.61 Å². The van der Waals surface area contributed by atoms with Gasteiger partial charge in [0.05, 0.1) is 13.3 Å². The van der Waals surface area contributed by atoms with E-state index in [0.29, 0.717) is 28.7 Å². The molecule has 28 heavy (non-hydrogen) atoms. The third kappa shape index (κ3) is 5.34. The Labute approximate surface area is 168 Å². The predicted octanol–water partition coefficient (Wildman–Crippen LogP) is 4.69. The lowest BCUT2D eigenvalue weighted by atomic mass is 10.2. The average Bonchev–Trinajstić information content (AvgIpc) is 2.73. The van der Waals surface area contributed by atoms with E-state index in [9.17, 15) is 4.79 Å². The smallest absolute Gasteiger partial charge is 0.271 e. The van der Waals surface area contributed by atoms with Crippen molar-refractivity contribution in [3.63, 3.8) is 0 Å². The van der Waals surface area contributed by atoms with Gasteiger partial charge in [0, 0.05) is 10.6 Å². The van der Waals surface area contributed by atoms with Gasteiger partial charge in [-0.25, -0.2) is 5.43 Å². The molecule has 1 amide bonds. The van der Waals surface area contributed by atoms with Crippen LogP contribution >= 0.6 is 11.6 Å². The number of hydrogen-bond donors (Lipinski definition) is 1. The van der Waals surface area contributed by atoms with Gasteiger partial charge in [-0.05, 0) is 47.5 Å². The number of amides is 1. The molecule has 3 aromatic carbocycles. The maximum absolute atomic E-state index is 12.1. The SMILES string of the molecule is COc1cc(C=NNC(=O)c2cccc(Cl)c2)ccc1OCc1ccccc1. The fourth-order valence-corrected chi connectivity index (χ4v) is 2.67. The first kappa shape index (κ1) is 19.5. The Bertz CT molecular complexity index is 975. The Kier molecular flexibility index (Phi) is 6.65. The molecule has 3 rings (SSSR count). The van der Waals surface area contributed by atoms with Crippen molar-refractivity contribution in [2.24, 2.45) is 5.10 Å². The van der Waals surface area contributed by atoms with Gasteiger partial charge in [-0.2, -0.15) is 5.10 Å². The monoisotopic (exact) mass is 394 g/mol. The Morgan fingerprint density at radius 1 is 1.04 bits per heavy atom. The number of benzene rings is 3. The lowest BCUT2D eigenvalue weighted by molar-refractivity contribution is 0.0955. The van der Waals surface area contributed by atoms with Crippen molar-refractivity contribution in [1.29, 1.82) is 0 Å². The van der Waals surface area contributed by atoms with E-state index in [2.05, 4.69) is 10.5 Å². The number of carbonyl (C=O) groups excluding carboxylic acids is 1. The van der Waals surface area contributed by atoms with Crippen LogP contribution in [-0.4, -0.2) is 19.2 Å². The number of ether oxygens (including phenoxy) is 2. The van der Waals surface area contributed by atoms with Gasteiger partial charge in [0.1, 0.15) is 6.61 Å². The van der Waals surface area contributed by atoms with E-state index in [4.69, 9.17) is 21.1 Å². The predicted molar refractivity (Wildman–Crippen MR) is 110 cm³/mol. The molecule has 3 aromatic rings. The second-order valence-corrected chi connectivity index (χ2v) is 6.33. The maximum Gasteiger partial charge on any atom is 0.271 e. The van der Waals surface area contributed by atoms with Gasteiger partial charge in [0.25, 0.3) is 5.91 Å². The molecule has 1 N–H and O–H groups in total. The van der Waals surface area contributed by atoms with Gasteiger partial charge in [0.15, 0.2) is 11.5 Å². The largest absolute Gasteiger partial charge is 0.493 e. The molecular weight excluding hydrogens is 376 g/mol. The lowest BCUT2D eigenvalue weighted by Crippen LogP contribution is -2.17. The molecule has 0 heterocycles. The van der Waals surface area contributed by atoms with E-state index >= 15 is 0 Å². The number of rotatable bonds is 7. The van der Waals surface area contributed by atoms with Crippen LogP contribution in [0.2, 0.25) is 5.02 Å². The van der Waals surface area contributed by atoms with Crippen LogP contribution in [0.3, 0.4) is 0 Å². The Hall–Kier alpha value is -3.31. The lowest BCUT2D eigenvalue weighted by Gasteiger charge is -2.11. The molecule has 0 spiro atoms. The molecule has 0 radical (unpaired) electrons. The van der Waals surface area contributed by atoms with Crippen LogP contribution in [-0.2, 0) is 6.61 Å². The van der Waals surface area contributed by atoms with Gasteiger partial charge in [0.2, 0.25) is 0 Å². The van der Waals surface area contributed by atoms with Crippen molar-refractivity contribution >= 4 is 23.7 Å². The van der Waals surface area contributed by atoms with E-state index < -0.39 is 0 Å². The zero-order valence-electron chi connectivity index (χ0n) is 15.3. The molecule has 5 nitrogen and oxygen atoms in total. The van der Waals surface area contributed by atoms with Crippen LogP contribution in [0.4, 0.5) is 0 Å². The van der Waals surface area contributed by atoms with Crippen LogP contribution in [0.1, 0.15) is 21.5 Å². The number of hydrogen-bond acceptors (Lipinski definition) is 4. The number of nitrogens with one attached hydrogen (secondary N) is 1. The van der Waals surface area contributed by atoms with Crippen LogP contribution in [0.25, 0.3) is 0 Å². The minimum atomic E-state index is -0.339. The Morgan fingerprint density at radius 3 is 2.61 bits per heavy atom. The van der Waals surface area contributed by atoms with Crippen LogP contribution < -0.4 is 14.9 Å². The highest BCUT2D eigenvalue weighted by molar-refractivity contribution is 6.30. The highest BCUT2D eigenvalue weighted by Crippen LogP contribution is 2.28. The van der Waals surface area contributed by atoms with Crippen molar-refractivity contribution in [1.82, 2.24) is 5.43 Å². The summed E-state index contributed by atoms with van der Waals surface area (Å²) in [6.45, 7) is 0.445. The molecule has 0 bridgehead atoms. The molecule has 0 aliphatic carbocycles. The van der Waals surface area contributed by atoms with Gasteiger partial charge in [-0.1, -0.05) is 48.0 Å². The van der Waals surface area contributed by atoms with E-state index in [-0.39, 0.29) is 5.91 Å². The summed E-state index contributed by atoms with van der Waals surface area (Å²) >= 11 is 5.89. The first-order chi connectivity index (χ1) is 13.7. The second kappa shape index (κ2) is 9.58. The van der Waals surface area contributed by atoms with Crippen molar-refractivity contribution < 1.29 is 14.3 Å². The summed E-state index contributed by atoms with van der Waals surface area (Å²) in [5.41, 5.74) is 4.74. The van der Waals surface area contributed by atoms with E-state index in [1.807, 2.05) is 42.5 Å². The van der Waals surface area contributed by atoms with E-state index in [0.717, 1.165) is 11.1 Å². The summed E-state index contributed by atoms with van der Waals surface area (Å²) < 4.78 is 11.2. The summed E-state index contributed by atoms with van der Waals surface area (Å²) in [4.78, 5) is 12.1. The minimum Gasteiger partial charge on any atom is -0.493 e. The molecule has 0 saturated carbocycles. The van der Waals surface area contributed by atoms with E-state index in [1.165, 1.54) is 6.21 Å². The van der Waals surface area contributed by atoms with Crippen LogP contribution in [0.15, 0.2) is 77.9 Å². The summed E-state index contributed by atoms with van der Waals surface area (Å²) in [6, 6.07) is 22.0. The van der Waals surface area contributed by atoms with Crippen molar-refractivity contribution in [2.75, 3.05) is 7.11 Å². The van der Waals surface area contributed by atoms with Crippen LogP contribution in [0.5, 0.6) is 11.5 Å². The van der Waals surface area contributed by atoms with Gasteiger partial charge in [-0.3, -0.25) is 4.79 Å². The third-order valence-electron chi connectivity index (χ3n) is 3.89. The fourth-order valence-electron chi connectivity index (χ4n) is 2.48. The van der Waals surface area contributed by atoms with E-state index in [1.54, 1.807) is 37.4 Å². The quantitative estimate of drug-likeness (QED) is 0.467. The molecule has 0 atom stereocenters. The van der Waals surface area contributed by atoms with Gasteiger partial charge < -0.3 is 9.47 Å². The number of nitrogens with zero attached hydrogens (tertiary/aromatic N) is 1. The second-order valence-electron chi connectivity index (χ2n) is 5.89. The average molecular weight is 395 g/mol. The summed E-state index contributed by atoms with van der Waals surface area (Å²) in [7, 11) is 1.58. The standard InChI is InChI=1S/C22H19ClN2O3/c1-27-21-12-17(10-11-20(21)28-15-16-6-3-2-4-7-16)14-24-25-22(26)18-8-5-9-19(23)13-18/h2-14H,15H2,1H3,(H,25,26). The summed E-state index contributed by atoms with van der Waals surface area (Å²) in [6.07, 6.45) is 1.53. The number of halogens is 1. The molecule has 0 fully saturated rings. The zero-order chi connectivity index (χ0) is 19.8. The number of carbonyl (C=O) groups is 1. The highest BCUT2D eigenvalue weighted by Gasteiger charge is 2.07. The highest BCUT2D eigenvalue weighted by atomic mass is 35.5. The zero-order valence-corrected chi connectivity index (χ0v) is 16.0. The molecule has 0 saturated heterocycles. The topological polar surface area (TPSA) is 59.9 Å². The fraction of sp³-hybridized carbons (Fsp3) is 0.0909. The molecule has 0 aromatic heterocycles.